The smallest absolute Gasteiger partial charge is 0.0648 e. The summed E-state index contributed by atoms with van der Waals surface area (Å²) in [6, 6.07) is 0. The minimum Gasteiger partial charge on any atom is -0.393 e. The summed E-state index contributed by atoms with van der Waals surface area (Å²) in [5, 5.41) is 21.5. The van der Waals surface area contributed by atoms with Crippen molar-refractivity contribution in [3.05, 3.63) is 0 Å². The molecular weight excluding hydrogens is 394 g/mol. The second kappa shape index (κ2) is 7.95. The lowest BCUT2D eigenvalue weighted by Crippen LogP contribution is -2.67. The van der Waals surface area contributed by atoms with Crippen LogP contribution in [0.5, 0.6) is 0 Å². The second-order valence-electron chi connectivity index (χ2n) is 13.9. The molecule has 3 nitrogen and oxygen atoms in total. The van der Waals surface area contributed by atoms with Crippen LogP contribution < -0.4 is 5.73 Å². The zero-order valence-corrected chi connectivity index (χ0v) is 21.4. The maximum absolute atomic E-state index is 11.1. The first-order valence-electron chi connectivity index (χ1n) is 14.3. The van der Waals surface area contributed by atoms with Gasteiger partial charge in [0, 0.05) is 5.54 Å². The fourth-order valence-corrected chi connectivity index (χ4v) is 10.0. The first-order valence-corrected chi connectivity index (χ1v) is 14.3. The first kappa shape index (κ1) is 23.6. The van der Waals surface area contributed by atoms with Gasteiger partial charge < -0.3 is 15.9 Å². The van der Waals surface area contributed by atoms with Crippen molar-refractivity contribution >= 4 is 0 Å². The van der Waals surface area contributed by atoms with Gasteiger partial charge in [0.15, 0.2) is 0 Å². The van der Waals surface area contributed by atoms with Gasteiger partial charge in [0.05, 0.1) is 11.7 Å². The number of rotatable bonds is 6. The molecule has 5 saturated carbocycles. The molecule has 0 radical (unpaired) electrons. The van der Waals surface area contributed by atoms with E-state index in [1.807, 2.05) is 0 Å². The Morgan fingerprint density at radius 3 is 2.34 bits per heavy atom. The number of hydrogen-bond acceptors (Lipinski definition) is 3. The van der Waals surface area contributed by atoms with E-state index in [1.54, 1.807) is 0 Å². The molecule has 0 bridgehead atoms. The molecule has 0 spiro atoms. The third kappa shape index (κ3) is 3.46. The van der Waals surface area contributed by atoms with Gasteiger partial charge in [0.1, 0.15) is 0 Å². The highest BCUT2D eigenvalue weighted by atomic mass is 16.3. The van der Waals surface area contributed by atoms with Crippen LogP contribution in [0.15, 0.2) is 0 Å². The van der Waals surface area contributed by atoms with Crippen LogP contribution in [-0.2, 0) is 0 Å². The van der Waals surface area contributed by atoms with E-state index in [4.69, 9.17) is 5.73 Å². The van der Waals surface area contributed by atoms with E-state index >= 15 is 0 Å². The second-order valence-corrected chi connectivity index (χ2v) is 13.9. The quantitative estimate of drug-likeness (QED) is 0.466. The molecule has 0 amide bonds. The zero-order chi connectivity index (χ0) is 22.9. The summed E-state index contributed by atoms with van der Waals surface area (Å²) in [6.07, 6.45) is 16.3. The lowest BCUT2D eigenvalue weighted by molar-refractivity contribution is -0.159. The lowest BCUT2D eigenvalue weighted by Gasteiger charge is -2.65. The Bertz CT molecular complexity index is 707. The molecule has 0 aromatic carbocycles. The lowest BCUT2D eigenvalue weighted by atomic mass is 9.41. The summed E-state index contributed by atoms with van der Waals surface area (Å²) in [5.74, 6) is 4.05. The number of aliphatic hydroxyl groups excluding tert-OH is 1. The molecule has 10 atom stereocenters. The average Bonchev–Trinajstić information content (AvgIpc) is 3.57. The van der Waals surface area contributed by atoms with E-state index in [2.05, 4.69) is 27.7 Å². The van der Waals surface area contributed by atoms with Crippen LogP contribution in [0.1, 0.15) is 118 Å². The predicted octanol–water partition coefficient (Wildman–Crippen LogP) is 6.05. The predicted molar refractivity (Wildman–Crippen MR) is 131 cm³/mol. The van der Waals surface area contributed by atoms with Crippen molar-refractivity contribution in [2.24, 2.45) is 52.1 Å². The molecule has 5 fully saturated rings. The summed E-state index contributed by atoms with van der Waals surface area (Å²) >= 11 is 0. The van der Waals surface area contributed by atoms with Crippen LogP contribution >= 0.6 is 0 Å². The molecule has 4 N–H and O–H groups in total. The minimum absolute atomic E-state index is 0.0174. The van der Waals surface area contributed by atoms with Gasteiger partial charge in [-0.1, -0.05) is 27.7 Å². The Balaban J connectivity index is 1.32. The molecule has 1 unspecified atom stereocenters. The minimum atomic E-state index is -0.417. The summed E-state index contributed by atoms with van der Waals surface area (Å²) in [4.78, 5) is 0. The van der Waals surface area contributed by atoms with E-state index in [1.165, 1.54) is 57.8 Å². The Morgan fingerprint density at radius 1 is 0.906 bits per heavy atom. The van der Waals surface area contributed by atoms with Crippen molar-refractivity contribution in [2.75, 3.05) is 0 Å². The average molecular weight is 446 g/mol. The number of nitrogens with two attached hydrogens (primary N) is 1. The Kier molecular flexibility index (Phi) is 5.87. The van der Waals surface area contributed by atoms with Crippen LogP contribution in [0.4, 0.5) is 0 Å². The first-order chi connectivity index (χ1) is 15.1. The van der Waals surface area contributed by atoms with Gasteiger partial charge in [-0.2, -0.15) is 0 Å². The third-order valence-electron chi connectivity index (χ3n) is 12.7. The molecule has 0 heterocycles. The number of hydrogen-bond donors (Lipinski definition) is 3. The molecule has 0 aromatic rings. The summed E-state index contributed by atoms with van der Waals surface area (Å²) in [6.45, 7) is 9.75. The van der Waals surface area contributed by atoms with E-state index in [-0.39, 0.29) is 17.1 Å². The summed E-state index contributed by atoms with van der Waals surface area (Å²) in [7, 11) is 0. The van der Waals surface area contributed by atoms with Crippen LogP contribution in [0.2, 0.25) is 0 Å². The third-order valence-corrected chi connectivity index (χ3v) is 12.7. The Hall–Kier alpha value is -0.120. The van der Waals surface area contributed by atoms with Crippen molar-refractivity contribution in [1.29, 1.82) is 0 Å². The van der Waals surface area contributed by atoms with E-state index in [9.17, 15) is 10.2 Å². The monoisotopic (exact) mass is 445 g/mol. The van der Waals surface area contributed by atoms with Gasteiger partial charge in [-0.25, -0.2) is 0 Å². The fourth-order valence-electron chi connectivity index (χ4n) is 10.0. The molecule has 0 aromatic heterocycles. The van der Waals surface area contributed by atoms with Crippen molar-refractivity contribution in [3.63, 3.8) is 0 Å². The molecule has 0 aliphatic heterocycles. The van der Waals surface area contributed by atoms with Gasteiger partial charge in [0.25, 0.3) is 0 Å². The molecular formula is C29H51NO2. The normalized spacial score (nSPS) is 52.6. The number of aliphatic hydroxyl groups is 2. The standard InChI is InChI=1S/C29H51NO2/c1-5-28(32)17-16-26(3)21(18-28)9-10-24-23(26)12-14-27(4)22(13-15-29(24,27)30)19(2)6-11-25(31)20-7-8-20/h19-25,31-32H,5-18,30H2,1-4H3/t19-,21+,22-,23+,24?,25-,26+,27-,28+,29-/m1/s1. The molecule has 5 rings (SSSR count). The molecule has 5 aliphatic rings. The largest absolute Gasteiger partial charge is 0.393 e. The molecule has 5 aliphatic carbocycles. The molecule has 32 heavy (non-hydrogen) atoms. The highest BCUT2D eigenvalue weighted by Gasteiger charge is 2.66. The Morgan fingerprint density at radius 2 is 1.66 bits per heavy atom. The topological polar surface area (TPSA) is 66.5 Å². The molecule has 0 saturated heterocycles. The van der Waals surface area contributed by atoms with E-state index in [0.717, 1.165) is 38.0 Å². The Labute approximate surface area is 197 Å². The molecule has 3 heteroatoms. The van der Waals surface area contributed by atoms with Crippen molar-refractivity contribution in [3.8, 4) is 0 Å². The van der Waals surface area contributed by atoms with Gasteiger partial charge in [-0.05, 0) is 136 Å². The van der Waals surface area contributed by atoms with Crippen molar-refractivity contribution < 1.29 is 10.2 Å². The van der Waals surface area contributed by atoms with Crippen molar-refractivity contribution in [2.45, 2.75) is 135 Å². The van der Waals surface area contributed by atoms with Gasteiger partial charge in [0.2, 0.25) is 0 Å². The van der Waals surface area contributed by atoms with Crippen molar-refractivity contribution in [1.82, 2.24) is 0 Å². The maximum Gasteiger partial charge on any atom is 0.0648 e. The van der Waals surface area contributed by atoms with E-state index < -0.39 is 5.60 Å². The SMILES string of the molecule is CC[C@]1(O)CC[C@@]2(C)[C@@H](CCC3[C@@H]2CC[C@]2(C)[C@@H]([C@H](C)CC[C@@H](O)C4CC4)CC[C@@]32N)C1. The van der Waals surface area contributed by atoms with Crippen LogP contribution in [0, 0.1) is 46.3 Å². The van der Waals surface area contributed by atoms with Gasteiger partial charge in [-0.15, -0.1) is 0 Å². The number of fused-ring (bicyclic) bond motifs is 5. The van der Waals surface area contributed by atoms with Gasteiger partial charge >= 0.3 is 0 Å². The zero-order valence-electron chi connectivity index (χ0n) is 21.4. The summed E-state index contributed by atoms with van der Waals surface area (Å²) in [5.41, 5.74) is 7.74. The maximum atomic E-state index is 11.1. The van der Waals surface area contributed by atoms with Crippen LogP contribution in [0.3, 0.4) is 0 Å². The van der Waals surface area contributed by atoms with E-state index in [0.29, 0.717) is 35.0 Å². The highest BCUT2D eigenvalue weighted by Crippen LogP contribution is 2.69. The van der Waals surface area contributed by atoms with Crippen LogP contribution in [-0.4, -0.2) is 27.5 Å². The molecule has 184 valence electrons. The van der Waals surface area contributed by atoms with Gasteiger partial charge in [-0.3, -0.25) is 0 Å². The fraction of sp³-hybridized carbons (Fsp3) is 1.00. The van der Waals surface area contributed by atoms with Crippen LogP contribution in [0.25, 0.3) is 0 Å². The summed E-state index contributed by atoms with van der Waals surface area (Å²) < 4.78 is 0. The highest BCUT2D eigenvalue weighted by molar-refractivity contribution is 5.19.